The SMILES string of the molecule is O=C(NCc1ccccc1)C(Cc1ccccc1)N1Cc2ccccc2C1=O. The Labute approximate surface area is 164 Å². The predicted molar refractivity (Wildman–Crippen MR) is 109 cm³/mol. The van der Waals surface area contributed by atoms with E-state index in [0.717, 1.165) is 16.7 Å². The fourth-order valence-electron chi connectivity index (χ4n) is 3.61. The summed E-state index contributed by atoms with van der Waals surface area (Å²) in [5, 5.41) is 3.01. The maximum absolute atomic E-state index is 13.1. The summed E-state index contributed by atoms with van der Waals surface area (Å²) in [7, 11) is 0. The summed E-state index contributed by atoms with van der Waals surface area (Å²) in [5.74, 6) is -0.208. The molecule has 1 aliphatic heterocycles. The Balaban J connectivity index is 1.55. The second-order valence-corrected chi connectivity index (χ2v) is 7.00. The zero-order valence-electron chi connectivity index (χ0n) is 15.5. The van der Waals surface area contributed by atoms with Gasteiger partial charge in [0.05, 0.1) is 0 Å². The molecule has 0 radical (unpaired) electrons. The Bertz CT molecular complexity index is 970. The van der Waals surface area contributed by atoms with Crippen molar-refractivity contribution in [3.63, 3.8) is 0 Å². The van der Waals surface area contributed by atoms with Crippen LogP contribution in [0.4, 0.5) is 0 Å². The fourth-order valence-corrected chi connectivity index (χ4v) is 3.61. The summed E-state index contributed by atoms with van der Waals surface area (Å²) < 4.78 is 0. The molecule has 3 aromatic rings. The van der Waals surface area contributed by atoms with Gasteiger partial charge in [-0.25, -0.2) is 0 Å². The van der Waals surface area contributed by atoms with Crippen molar-refractivity contribution in [2.45, 2.75) is 25.6 Å². The molecule has 0 bridgehead atoms. The van der Waals surface area contributed by atoms with E-state index < -0.39 is 6.04 Å². The highest BCUT2D eigenvalue weighted by atomic mass is 16.2. The first kappa shape index (κ1) is 18.0. The molecule has 0 aromatic heterocycles. The number of rotatable bonds is 6. The number of fused-ring (bicyclic) bond motifs is 1. The number of benzene rings is 3. The van der Waals surface area contributed by atoms with Gasteiger partial charge in [-0.15, -0.1) is 0 Å². The molecule has 3 aromatic carbocycles. The largest absolute Gasteiger partial charge is 0.350 e. The third-order valence-electron chi connectivity index (χ3n) is 5.11. The van der Waals surface area contributed by atoms with Crippen LogP contribution in [-0.4, -0.2) is 22.8 Å². The van der Waals surface area contributed by atoms with Gasteiger partial charge in [0.15, 0.2) is 0 Å². The van der Waals surface area contributed by atoms with Crippen molar-refractivity contribution in [1.82, 2.24) is 10.2 Å². The highest BCUT2D eigenvalue weighted by molar-refractivity contribution is 6.01. The number of hydrogen-bond donors (Lipinski definition) is 1. The minimum Gasteiger partial charge on any atom is -0.350 e. The molecule has 1 heterocycles. The van der Waals surface area contributed by atoms with Gasteiger partial charge in [-0.1, -0.05) is 78.9 Å². The summed E-state index contributed by atoms with van der Waals surface area (Å²) in [6, 6.07) is 26.7. The molecule has 1 unspecified atom stereocenters. The summed E-state index contributed by atoms with van der Waals surface area (Å²) >= 11 is 0. The summed E-state index contributed by atoms with van der Waals surface area (Å²) in [6.45, 7) is 0.908. The first-order valence-corrected chi connectivity index (χ1v) is 9.47. The van der Waals surface area contributed by atoms with Crippen molar-refractivity contribution in [2.75, 3.05) is 0 Å². The van der Waals surface area contributed by atoms with E-state index in [1.807, 2.05) is 84.9 Å². The van der Waals surface area contributed by atoms with E-state index in [2.05, 4.69) is 5.32 Å². The van der Waals surface area contributed by atoms with E-state index in [9.17, 15) is 9.59 Å². The second-order valence-electron chi connectivity index (χ2n) is 7.00. The van der Waals surface area contributed by atoms with Crippen molar-refractivity contribution in [3.05, 3.63) is 107 Å². The number of nitrogens with zero attached hydrogens (tertiary/aromatic N) is 1. The zero-order chi connectivity index (χ0) is 19.3. The number of amides is 2. The molecule has 4 nitrogen and oxygen atoms in total. The van der Waals surface area contributed by atoms with E-state index in [1.165, 1.54) is 0 Å². The normalized spacial score (nSPS) is 13.9. The van der Waals surface area contributed by atoms with Crippen LogP contribution < -0.4 is 5.32 Å². The van der Waals surface area contributed by atoms with Crippen molar-refractivity contribution < 1.29 is 9.59 Å². The molecular weight excluding hydrogens is 348 g/mol. The monoisotopic (exact) mass is 370 g/mol. The first-order chi connectivity index (χ1) is 13.7. The topological polar surface area (TPSA) is 49.4 Å². The van der Waals surface area contributed by atoms with Gasteiger partial charge in [0.25, 0.3) is 5.91 Å². The number of nitrogens with one attached hydrogen (secondary N) is 1. The van der Waals surface area contributed by atoms with Crippen LogP contribution in [-0.2, 0) is 24.3 Å². The molecular formula is C24H22N2O2. The minimum absolute atomic E-state index is 0.0774. The maximum atomic E-state index is 13.1. The van der Waals surface area contributed by atoms with E-state index in [4.69, 9.17) is 0 Å². The van der Waals surface area contributed by atoms with E-state index in [0.29, 0.717) is 25.1 Å². The van der Waals surface area contributed by atoms with Crippen molar-refractivity contribution >= 4 is 11.8 Å². The molecule has 4 rings (SSSR count). The van der Waals surface area contributed by atoms with Gasteiger partial charge >= 0.3 is 0 Å². The molecule has 0 aliphatic carbocycles. The standard InChI is InChI=1S/C24H22N2O2/c27-23(25-16-19-11-5-2-6-12-19)22(15-18-9-3-1-4-10-18)26-17-20-13-7-8-14-21(20)24(26)28/h1-14,22H,15-17H2,(H,25,27). The molecule has 0 fully saturated rings. The van der Waals surface area contributed by atoms with Gasteiger partial charge in [0.1, 0.15) is 6.04 Å². The molecule has 0 spiro atoms. The van der Waals surface area contributed by atoms with Crippen molar-refractivity contribution in [3.8, 4) is 0 Å². The summed E-state index contributed by atoms with van der Waals surface area (Å²) in [6.07, 6.45) is 0.487. The van der Waals surface area contributed by atoms with Gasteiger partial charge in [-0.2, -0.15) is 0 Å². The Morgan fingerprint density at radius 3 is 2.14 bits per heavy atom. The van der Waals surface area contributed by atoms with Crippen LogP contribution in [0.15, 0.2) is 84.9 Å². The number of hydrogen-bond acceptors (Lipinski definition) is 2. The third kappa shape index (κ3) is 3.81. The van der Waals surface area contributed by atoms with Gasteiger partial charge in [-0.3, -0.25) is 9.59 Å². The van der Waals surface area contributed by atoms with Gasteiger partial charge in [0.2, 0.25) is 5.91 Å². The summed E-state index contributed by atoms with van der Waals surface area (Å²) in [5.41, 5.74) is 3.73. The van der Waals surface area contributed by atoms with Crippen LogP contribution in [0.5, 0.6) is 0 Å². The zero-order valence-corrected chi connectivity index (χ0v) is 15.5. The lowest BCUT2D eigenvalue weighted by molar-refractivity contribution is -0.125. The van der Waals surface area contributed by atoms with E-state index in [1.54, 1.807) is 4.90 Å². The first-order valence-electron chi connectivity index (χ1n) is 9.47. The molecule has 2 amide bonds. The second kappa shape index (κ2) is 8.09. The van der Waals surface area contributed by atoms with Gasteiger partial charge in [0, 0.05) is 25.1 Å². The molecule has 140 valence electrons. The van der Waals surface area contributed by atoms with Crippen LogP contribution in [0.3, 0.4) is 0 Å². The average Bonchev–Trinajstić information content (AvgIpc) is 3.08. The van der Waals surface area contributed by atoms with Crippen LogP contribution in [0.2, 0.25) is 0 Å². The van der Waals surface area contributed by atoms with E-state index in [-0.39, 0.29) is 11.8 Å². The van der Waals surface area contributed by atoms with Crippen LogP contribution in [0, 0.1) is 0 Å². The Kier molecular flexibility index (Phi) is 5.20. The van der Waals surface area contributed by atoms with Crippen LogP contribution in [0.25, 0.3) is 0 Å². The molecule has 4 heteroatoms. The van der Waals surface area contributed by atoms with E-state index >= 15 is 0 Å². The maximum Gasteiger partial charge on any atom is 0.255 e. The van der Waals surface area contributed by atoms with Gasteiger partial charge < -0.3 is 10.2 Å². The lowest BCUT2D eigenvalue weighted by atomic mass is 10.0. The van der Waals surface area contributed by atoms with Crippen molar-refractivity contribution in [1.29, 1.82) is 0 Å². The predicted octanol–water partition coefficient (Wildman–Crippen LogP) is 3.57. The molecule has 28 heavy (non-hydrogen) atoms. The quantitative estimate of drug-likeness (QED) is 0.721. The molecule has 1 atom stereocenters. The Morgan fingerprint density at radius 1 is 0.857 bits per heavy atom. The number of carbonyl (C=O) groups excluding carboxylic acids is 2. The Morgan fingerprint density at radius 2 is 1.46 bits per heavy atom. The smallest absolute Gasteiger partial charge is 0.255 e. The third-order valence-corrected chi connectivity index (χ3v) is 5.11. The summed E-state index contributed by atoms with van der Waals surface area (Å²) in [4.78, 5) is 27.7. The highest BCUT2D eigenvalue weighted by Crippen LogP contribution is 2.26. The fraction of sp³-hybridized carbons (Fsp3) is 0.167. The minimum atomic E-state index is -0.550. The van der Waals surface area contributed by atoms with Gasteiger partial charge in [-0.05, 0) is 22.8 Å². The van der Waals surface area contributed by atoms with Crippen LogP contribution in [0.1, 0.15) is 27.0 Å². The Hall–Kier alpha value is -3.40. The lowest BCUT2D eigenvalue weighted by Gasteiger charge is -2.27. The molecule has 1 aliphatic rings. The highest BCUT2D eigenvalue weighted by Gasteiger charge is 2.36. The molecule has 1 N–H and O–H groups in total. The van der Waals surface area contributed by atoms with Crippen molar-refractivity contribution in [2.24, 2.45) is 0 Å². The molecule has 0 saturated heterocycles. The van der Waals surface area contributed by atoms with Crippen LogP contribution >= 0.6 is 0 Å². The lowest BCUT2D eigenvalue weighted by Crippen LogP contribution is -2.48. The molecule has 0 saturated carbocycles. The number of carbonyl (C=O) groups is 2. The average molecular weight is 370 g/mol.